The van der Waals surface area contributed by atoms with E-state index >= 15 is 0 Å². The van der Waals surface area contributed by atoms with Gasteiger partial charge in [0.05, 0.1) is 11.7 Å². The Kier molecular flexibility index (Phi) is 3.86. The van der Waals surface area contributed by atoms with Crippen molar-refractivity contribution in [2.45, 2.75) is 40.2 Å². The Hall–Kier alpha value is -1.16. The average Bonchev–Trinajstić information content (AvgIpc) is 2.39. The Morgan fingerprint density at radius 3 is 2.12 bits per heavy atom. The molecule has 1 aliphatic rings. The lowest BCUT2D eigenvalue weighted by Gasteiger charge is -2.20. The number of aliphatic hydroxyl groups is 1. The summed E-state index contributed by atoms with van der Waals surface area (Å²) in [5.41, 5.74) is 0.353. The average molecular weight is 226 g/mol. The van der Waals surface area contributed by atoms with Gasteiger partial charge in [-0.25, -0.2) is 9.59 Å². The van der Waals surface area contributed by atoms with Crippen LogP contribution in [0.2, 0.25) is 0 Å². The number of cyclic esters (lactones) is 2. The molecule has 0 saturated heterocycles. The third-order valence-corrected chi connectivity index (χ3v) is 2.79. The number of aliphatic hydroxyl groups excluding tert-OH is 1. The molecule has 4 nitrogen and oxygen atoms in total. The first-order valence-electron chi connectivity index (χ1n) is 5.50. The molecule has 0 bridgehead atoms. The highest BCUT2D eigenvalue weighted by molar-refractivity contribution is 6.12. The van der Waals surface area contributed by atoms with Gasteiger partial charge >= 0.3 is 11.9 Å². The van der Waals surface area contributed by atoms with Gasteiger partial charge in [-0.1, -0.05) is 20.8 Å². The zero-order valence-electron chi connectivity index (χ0n) is 10.1. The summed E-state index contributed by atoms with van der Waals surface area (Å²) >= 11 is 0. The van der Waals surface area contributed by atoms with Crippen LogP contribution in [-0.4, -0.2) is 23.1 Å². The van der Waals surface area contributed by atoms with Crippen molar-refractivity contribution in [2.24, 2.45) is 11.8 Å². The fraction of sp³-hybridized carbons (Fsp3) is 0.667. The first-order chi connectivity index (χ1) is 7.34. The van der Waals surface area contributed by atoms with Crippen molar-refractivity contribution in [1.82, 2.24) is 0 Å². The summed E-state index contributed by atoms with van der Waals surface area (Å²) in [4.78, 5) is 22.5. The third kappa shape index (κ3) is 2.50. The number of carbonyl (C=O) groups is 2. The molecule has 1 N–H and O–H groups in total. The highest BCUT2D eigenvalue weighted by Crippen LogP contribution is 2.27. The molecule has 1 rings (SSSR count). The van der Waals surface area contributed by atoms with Crippen LogP contribution >= 0.6 is 0 Å². The second-order valence-corrected chi connectivity index (χ2v) is 4.77. The van der Waals surface area contributed by atoms with Gasteiger partial charge in [-0.05, 0) is 25.2 Å². The monoisotopic (exact) mass is 226 g/mol. The minimum Gasteiger partial charge on any atom is -0.388 e. The smallest absolute Gasteiger partial charge is 0.345 e. The molecular formula is C12H18O4. The van der Waals surface area contributed by atoms with Gasteiger partial charge in [0.25, 0.3) is 0 Å². The SMILES string of the molecule is CC1=C([C@@H](O)[C@@H](C)CC(C)C)C(=O)OC1=O. The molecule has 0 unspecified atom stereocenters. The minimum absolute atomic E-state index is 0.0663. The molecule has 0 aromatic rings. The lowest BCUT2D eigenvalue weighted by molar-refractivity contribution is -0.151. The van der Waals surface area contributed by atoms with Crippen molar-refractivity contribution < 1.29 is 19.4 Å². The van der Waals surface area contributed by atoms with Crippen LogP contribution in [0.5, 0.6) is 0 Å². The van der Waals surface area contributed by atoms with Crippen LogP contribution in [-0.2, 0) is 14.3 Å². The fourth-order valence-electron chi connectivity index (χ4n) is 1.98. The highest BCUT2D eigenvalue weighted by Gasteiger charge is 2.36. The molecule has 0 amide bonds. The summed E-state index contributed by atoms with van der Waals surface area (Å²) in [6.07, 6.45) is -0.124. The molecule has 2 atom stereocenters. The normalized spacial score (nSPS) is 20.4. The number of hydrogen-bond acceptors (Lipinski definition) is 4. The highest BCUT2D eigenvalue weighted by atomic mass is 16.6. The first kappa shape index (κ1) is 12.9. The van der Waals surface area contributed by atoms with E-state index in [0.29, 0.717) is 5.92 Å². The van der Waals surface area contributed by atoms with Gasteiger partial charge in [-0.3, -0.25) is 0 Å². The molecule has 0 radical (unpaired) electrons. The van der Waals surface area contributed by atoms with Crippen molar-refractivity contribution in [3.8, 4) is 0 Å². The Labute approximate surface area is 95.3 Å². The summed E-state index contributed by atoms with van der Waals surface area (Å²) in [7, 11) is 0. The summed E-state index contributed by atoms with van der Waals surface area (Å²) in [6, 6.07) is 0. The lowest BCUT2D eigenvalue weighted by Crippen LogP contribution is -2.25. The largest absolute Gasteiger partial charge is 0.388 e. The predicted molar refractivity (Wildman–Crippen MR) is 58.4 cm³/mol. The maximum absolute atomic E-state index is 11.4. The van der Waals surface area contributed by atoms with E-state index < -0.39 is 18.0 Å². The summed E-state index contributed by atoms with van der Waals surface area (Å²) in [6.45, 7) is 7.46. The van der Waals surface area contributed by atoms with E-state index in [1.165, 1.54) is 6.92 Å². The molecule has 0 fully saturated rings. The second-order valence-electron chi connectivity index (χ2n) is 4.77. The van der Waals surface area contributed by atoms with Gasteiger partial charge in [0.1, 0.15) is 0 Å². The molecule has 90 valence electrons. The van der Waals surface area contributed by atoms with E-state index in [-0.39, 0.29) is 17.1 Å². The number of carbonyl (C=O) groups excluding carboxylic acids is 2. The first-order valence-corrected chi connectivity index (χ1v) is 5.50. The number of hydrogen-bond donors (Lipinski definition) is 1. The zero-order chi connectivity index (χ0) is 12.5. The van der Waals surface area contributed by atoms with Crippen molar-refractivity contribution in [1.29, 1.82) is 0 Å². The summed E-state index contributed by atoms with van der Waals surface area (Å²) in [5.74, 6) is -0.983. The van der Waals surface area contributed by atoms with Crippen molar-refractivity contribution in [3.63, 3.8) is 0 Å². The van der Waals surface area contributed by atoms with E-state index in [1.54, 1.807) is 0 Å². The number of esters is 2. The predicted octanol–water partition coefficient (Wildman–Crippen LogP) is 1.43. The van der Waals surface area contributed by atoms with Gasteiger partial charge in [0.15, 0.2) is 0 Å². The van der Waals surface area contributed by atoms with Crippen LogP contribution in [0.4, 0.5) is 0 Å². The van der Waals surface area contributed by atoms with Crippen molar-refractivity contribution in [2.75, 3.05) is 0 Å². The van der Waals surface area contributed by atoms with E-state index in [4.69, 9.17) is 0 Å². The number of ether oxygens (including phenoxy) is 1. The lowest BCUT2D eigenvalue weighted by atomic mass is 9.88. The number of rotatable bonds is 4. The maximum atomic E-state index is 11.4. The fourth-order valence-corrected chi connectivity index (χ4v) is 1.98. The van der Waals surface area contributed by atoms with Crippen molar-refractivity contribution in [3.05, 3.63) is 11.1 Å². The van der Waals surface area contributed by atoms with Gasteiger partial charge in [-0.2, -0.15) is 0 Å². The van der Waals surface area contributed by atoms with Gasteiger partial charge in [0, 0.05) is 5.57 Å². The summed E-state index contributed by atoms with van der Waals surface area (Å²) in [5, 5.41) is 10.0. The van der Waals surface area contributed by atoms with E-state index in [1.807, 2.05) is 20.8 Å². The van der Waals surface area contributed by atoms with Crippen LogP contribution in [0.3, 0.4) is 0 Å². The quantitative estimate of drug-likeness (QED) is 0.581. The Bertz CT molecular complexity index is 341. The molecule has 0 aromatic carbocycles. The van der Waals surface area contributed by atoms with E-state index in [0.717, 1.165) is 6.42 Å². The van der Waals surface area contributed by atoms with Crippen LogP contribution in [0.25, 0.3) is 0 Å². The Morgan fingerprint density at radius 1 is 1.19 bits per heavy atom. The maximum Gasteiger partial charge on any atom is 0.345 e. The molecule has 0 spiro atoms. The van der Waals surface area contributed by atoms with Gasteiger partial charge in [0.2, 0.25) is 0 Å². The summed E-state index contributed by atoms with van der Waals surface area (Å²) < 4.78 is 4.45. The molecule has 1 aliphatic heterocycles. The standard InChI is InChI=1S/C12H18O4/c1-6(2)5-7(3)10(13)9-8(4)11(14)16-12(9)15/h6-7,10,13H,5H2,1-4H3/t7-,10-/m0/s1. The van der Waals surface area contributed by atoms with Crippen LogP contribution < -0.4 is 0 Å². The zero-order valence-corrected chi connectivity index (χ0v) is 10.1. The van der Waals surface area contributed by atoms with Gasteiger partial charge < -0.3 is 9.84 Å². The molecule has 0 aliphatic carbocycles. The van der Waals surface area contributed by atoms with Crippen molar-refractivity contribution >= 4 is 11.9 Å². The molecule has 0 saturated carbocycles. The van der Waals surface area contributed by atoms with Crippen LogP contribution in [0, 0.1) is 11.8 Å². The molecule has 16 heavy (non-hydrogen) atoms. The molecular weight excluding hydrogens is 208 g/mol. The van der Waals surface area contributed by atoms with E-state index in [9.17, 15) is 14.7 Å². The van der Waals surface area contributed by atoms with Crippen LogP contribution in [0.1, 0.15) is 34.1 Å². The van der Waals surface area contributed by atoms with E-state index in [2.05, 4.69) is 4.74 Å². The molecule has 0 aromatic heterocycles. The minimum atomic E-state index is -0.915. The second kappa shape index (κ2) is 4.78. The Balaban J connectivity index is 2.85. The topological polar surface area (TPSA) is 63.6 Å². The van der Waals surface area contributed by atoms with Gasteiger partial charge in [-0.15, -0.1) is 0 Å². The Morgan fingerprint density at radius 2 is 1.75 bits per heavy atom. The van der Waals surface area contributed by atoms with Crippen LogP contribution in [0.15, 0.2) is 11.1 Å². The third-order valence-electron chi connectivity index (χ3n) is 2.79. The molecule has 1 heterocycles. The molecule has 4 heteroatoms.